The van der Waals surface area contributed by atoms with E-state index in [9.17, 15) is 9.59 Å². The van der Waals surface area contributed by atoms with Crippen LogP contribution in [0.3, 0.4) is 0 Å². The molecule has 15 heavy (non-hydrogen) atoms. The fourth-order valence-corrected chi connectivity index (χ4v) is 1.40. The molecule has 0 aromatic carbocycles. The van der Waals surface area contributed by atoms with E-state index in [1.807, 2.05) is 27.7 Å². The fraction of sp³-hybridized carbons (Fsp3) is 0.818. The van der Waals surface area contributed by atoms with Crippen molar-refractivity contribution in [2.45, 2.75) is 55.6 Å². The molecule has 0 aromatic heterocycles. The molecule has 0 rings (SSSR count). The van der Waals surface area contributed by atoms with Gasteiger partial charge in [-0.3, -0.25) is 9.59 Å². The molecule has 0 radical (unpaired) electrons. The molecular formula is C11H18Br2O2. The first-order chi connectivity index (χ1) is 6.55. The third-order valence-electron chi connectivity index (χ3n) is 2.13. The maximum absolute atomic E-state index is 11.5. The summed E-state index contributed by atoms with van der Waals surface area (Å²) in [5.41, 5.74) is 0. The zero-order valence-corrected chi connectivity index (χ0v) is 12.9. The molecule has 0 aromatic rings. The Morgan fingerprint density at radius 1 is 0.867 bits per heavy atom. The number of carbonyl (C=O) groups excluding carboxylic acids is 2. The lowest BCUT2D eigenvalue weighted by Gasteiger charge is -2.16. The van der Waals surface area contributed by atoms with Crippen LogP contribution in [0.4, 0.5) is 0 Å². The van der Waals surface area contributed by atoms with E-state index < -0.39 is 8.65 Å². The number of rotatable bonds is 6. The van der Waals surface area contributed by atoms with Crippen LogP contribution in [0.5, 0.6) is 0 Å². The van der Waals surface area contributed by atoms with Crippen molar-refractivity contribution in [3.05, 3.63) is 0 Å². The van der Waals surface area contributed by atoms with Crippen molar-refractivity contribution >= 4 is 43.4 Å². The molecule has 0 unspecified atom stereocenters. The third-order valence-corrected chi connectivity index (χ3v) is 3.02. The summed E-state index contributed by atoms with van der Waals surface area (Å²) in [6.45, 7) is 7.30. The van der Waals surface area contributed by atoms with Gasteiger partial charge in [-0.05, 0) is 34.1 Å². The van der Waals surface area contributed by atoms with E-state index in [4.69, 9.17) is 0 Å². The Balaban J connectivity index is 3.92. The van der Waals surface area contributed by atoms with Crippen LogP contribution in [0.1, 0.15) is 47.0 Å². The first kappa shape index (κ1) is 15.3. The summed E-state index contributed by atoms with van der Waals surface area (Å²) in [4.78, 5) is 23.1. The van der Waals surface area contributed by atoms with E-state index in [1.165, 1.54) is 0 Å². The molecule has 0 saturated heterocycles. The molecule has 0 spiro atoms. The van der Waals surface area contributed by atoms with E-state index in [1.54, 1.807) is 0 Å². The second kappa shape index (κ2) is 5.58. The van der Waals surface area contributed by atoms with Gasteiger partial charge in [0.25, 0.3) is 0 Å². The largest absolute Gasteiger partial charge is 0.298 e. The van der Waals surface area contributed by atoms with Gasteiger partial charge in [-0.2, -0.15) is 0 Å². The molecule has 0 aliphatic carbocycles. The lowest BCUT2D eigenvalue weighted by molar-refractivity contribution is -0.121. The van der Waals surface area contributed by atoms with Crippen LogP contribution in [-0.2, 0) is 9.59 Å². The Labute approximate surface area is 108 Å². The average Bonchev–Trinajstić information content (AvgIpc) is 2.00. The van der Waals surface area contributed by atoms with Gasteiger partial charge in [-0.25, -0.2) is 0 Å². The van der Waals surface area contributed by atoms with E-state index in [-0.39, 0.29) is 11.6 Å². The summed E-state index contributed by atoms with van der Waals surface area (Å²) in [7, 11) is 0. The molecule has 0 N–H and O–H groups in total. The predicted molar refractivity (Wildman–Crippen MR) is 69.9 cm³/mol. The van der Waals surface area contributed by atoms with Gasteiger partial charge in [0.1, 0.15) is 11.6 Å². The molecule has 0 aliphatic rings. The van der Waals surface area contributed by atoms with Gasteiger partial charge in [0.2, 0.25) is 0 Å². The monoisotopic (exact) mass is 340 g/mol. The molecule has 0 amide bonds. The van der Waals surface area contributed by atoms with Gasteiger partial charge < -0.3 is 0 Å². The average molecular weight is 342 g/mol. The number of halogens is 2. The standard InChI is InChI=1S/C11H18Br2O2/c1-10(2,12)8(14)6-5-7-9(15)11(3,4)13/h5-7H2,1-4H3. The number of hydrogen-bond donors (Lipinski definition) is 0. The topological polar surface area (TPSA) is 34.1 Å². The molecule has 0 bridgehead atoms. The maximum Gasteiger partial charge on any atom is 0.148 e. The normalized spacial score (nSPS) is 12.7. The lowest BCUT2D eigenvalue weighted by atomic mass is 9.99. The Hall–Kier alpha value is 0.300. The van der Waals surface area contributed by atoms with Crippen molar-refractivity contribution in [2.75, 3.05) is 0 Å². The second-order valence-corrected chi connectivity index (χ2v) is 8.61. The van der Waals surface area contributed by atoms with E-state index in [2.05, 4.69) is 31.9 Å². The number of hydrogen-bond acceptors (Lipinski definition) is 2. The lowest BCUT2D eigenvalue weighted by Crippen LogP contribution is -2.26. The molecule has 0 aliphatic heterocycles. The Bertz CT molecular complexity index is 220. The zero-order chi connectivity index (χ0) is 12.3. The highest BCUT2D eigenvalue weighted by molar-refractivity contribution is 9.10. The molecule has 0 heterocycles. The van der Waals surface area contributed by atoms with Gasteiger partial charge in [-0.1, -0.05) is 31.9 Å². The molecule has 0 atom stereocenters. The maximum atomic E-state index is 11.5. The predicted octanol–water partition coefficient (Wildman–Crippen LogP) is 3.64. The third kappa shape index (κ3) is 6.46. The van der Waals surface area contributed by atoms with E-state index in [0.717, 1.165) is 0 Å². The zero-order valence-electron chi connectivity index (χ0n) is 9.69. The van der Waals surface area contributed by atoms with Gasteiger partial charge in [0, 0.05) is 12.8 Å². The van der Waals surface area contributed by atoms with Crippen LogP contribution in [0.25, 0.3) is 0 Å². The van der Waals surface area contributed by atoms with Crippen molar-refractivity contribution in [2.24, 2.45) is 0 Å². The Morgan fingerprint density at radius 2 is 1.13 bits per heavy atom. The first-order valence-corrected chi connectivity index (χ1v) is 6.58. The summed E-state index contributed by atoms with van der Waals surface area (Å²) in [6.07, 6.45) is 1.53. The van der Waals surface area contributed by atoms with Crippen molar-refractivity contribution < 1.29 is 9.59 Å². The number of alkyl halides is 2. The van der Waals surface area contributed by atoms with Crippen LogP contribution in [0, 0.1) is 0 Å². The molecule has 0 saturated carbocycles. The van der Waals surface area contributed by atoms with Gasteiger partial charge >= 0.3 is 0 Å². The Morgan fingerprint density at radius 3 is 1.33 bits per heavy atom. The summed E-state index contributed by atoms with van der Waals surface area (Å²) in [5, 5.41) is 0. The molecular weight excluding hydrogens is 324 g/mol. The highest BCUT2D eigenvalue weighted by Crippen LogP contribution is 2.23. The van der Waals surface area contributed by atoms with Gasteiger partial charge in [-0.15, -0.1) is 0 Å². The minimum absolute atomic E-state index is 0.141. The minimum atomic E-state index is -0.472. The second-order valence-electron chi connectivity index (χ2n) is 4.64. The molecule has 0 fully saturated rings. The number of Topliss-reactive ketones (excluding diaryl/α,β-unsaturated/α-hetero) is 2. The highest BCUT2D eigenvalue weighted by atomic mass is 79.9. The molecule has 2 nitrogen and oxygen atoms in total. The van der Waals surface area contributed by atoms with Crippen LogP contribution >= 0.6 is 31.9 Å². The van der Waals surface area contributed by atoms with Crippen LogP contribution < -0.4 is 0 Å². The summed E-state index contributed by atoms with van der Waals surface area (Å²) in [5.74, 6) is 0.283. The van der Waals surface area contributed by atoms with Gasteiger partial charge in [0.15, 0.2) is 0 Å². The van der Waals surface area contributed by atoms with Crippen LogP contribution in [0.2, 0.25) is 0 Å². The summed E-state index contributed by atoms with van der Waals surface area (Å²) in [6, 6.07) is 0. The van der Waals surface area contributed by atoms with Gasteiger partial charge in [0.05, 0.1) is 8.65 Å². The summed E-state index contributed by atoms with van der Waals surface area (Å²) >= 11 is 6.61. The summed E-state index contributed by atoms with van der Waals surface area (Å²) < 4.78 is -0.945. The Kier molecular flexibility index (Phi) is 5.69. The minimum Gasteiger partial charge on any atom is -0.298 e. The fourth-order valence-electron chi connectivity index (χ4n) is 1.00. The van der Waals surface area contributed by atoms with E-state index >= 15 is 0 Å². The van der Waals surface area contributed by atoms with E-state index in [0.29, 0.717) is 19.3 Å². The molecule has 4 heteroatoms. The van der Waals surface area contributed by atoms with Crippen molar-refractivity contribution in [3.63, 3.8) is 0 Å². The van der Waals surface area contributed by atoms with Crippen molar-refractivity contribution in [3.8, 4) is 0 Å². The quantitative estimate of drug-likeness (QED) is 0.691. The van der Waals surface area contributed by atoms with Crippen LogP contribution in [-0.4, -0.2) is 20.2 Å². The molecule has 88 valence electrons. The first-order valence-electron chi connectivity index (χ1n) is 4.99. The smallest absolute Gasteiger partial charge is 0.148 e. The van der Waals surface area contributed by atoms with Crippen molar-refractivity contribution in [1.82, 2.24) is 0 Å². The highest BCUT2D eigenvalue weighted by Gasteiger charge is 2.25. The number of carbonyl (C=O) groups is 2. The SMILES string of the molecule is CC(C)(Br)C(=O)CCCC(=O)C(C)(C)Br. The number of ketones is 2. The van der Waals surface area contributed by atoms with Crippen molar-refractivity contribution in [1.29, 1.82) is 0 Å². The van der Waals surface area contributed by atoms with Crippen LogP contribution in [0.15, 0.2) is 0 Å².